The van der Waals surface area contributed by atoms with Crippen molar-refractivity contribution >= 4 is 5.91 Å². The first-order valence-electron chi connectivity index (χ1n) is 8.92. The normalized spacial score (nSPS) is 18.5. The second-order valence-electron chi connectivity index (χ2n) is 7.05. The van der Waals surface area contributed by atoms with E-state index in [4.69, 9.17) is 4.42 Å². The molecule has 1 saturated carbocycles. The van der Waals surface area contributed by atoms with Gasteiger partial charge in [-0.15, -0.1) is 0 Å². The zero-order valence-corrected chi connectivity index (χ0v) is 14.3. The number of pyridine rings is 1. The Morgan fingerprint density at radius 2 is 1.92 bits per heavy atom. The highest BCUT2D eigenvalue weighted by molar-refractivity contribution is 5.93. The lowest BCUT2D eigenvalue weighted by Gasteiger charge is -2.34. The molecule has 2 aromatic rings. The van der Waals surface area contributed by atoms with Crippen molar-refractivity contribution in [1.29, 1.82) is 0 Å². The molecule has 1 amide bonds. The number of carbonyl (C=O) groups excluding carboxylic acids is 1. The number of piperazine rings is 1. The van der Waals surface area contributed by atoms with Gasteiger partial charge in [0.1, 0.15) is 6.26 Å². The lowest BCUT2D eigenvalue weighted by molar-refractivity contribution is 0.0627. The average molecular weight is 341 g/mol. The molecule has 2 aliphatic rings. The summed E-state index contributed by atoms with van der Waals surface area (Å²) >= 11 is 0. The van der Waals surface area contributed by atoms with E-state index in [2.05, 4.69) is 4.90 Å². The quantitative estimate of drug-likeness (QED) is 0.832. The molecule has 6 nitrogen and oxygen atoms in total. The Hall–Kier alpha value is -2.34. The van der Waals surface area contributed by atoms with Crippen molar-refractivity contribution in [2.45, 2.75) is 25.9 Å². The zero-order chi connectivity index (χ0) is 17.2. The molecule has 0 bridgehead atoms. The summed E-state index contributed by atoms with van der Waals surface area (Å²) in [6.07, 6.45) is 7.51. The van der Waals surface area contributed by atoms with Gasteiger partial charge in [-0.3, -0.25) is 14.5 Å². The highest BCUT2D eigenvalue weighted by Gasteiger charge is 2.24. The Morgan fingerprint density at radius 3 is 2.60 bits per heavy atom. The number of nitrogens with zero attached hydrogens (tertiary/aromatic N) is 3. The van der Waals surface area contributed by atoms with Crippen LogP contribution in [0.1, 0.15) is 28.8 Å². The summed E-state index contributed by atoms with van der Waals surface area (Å²) in [5, 5.41) is 0. The number of hydrogen-bond acceptors (Lipinski definition) is 4. The molecule has 0 spiro atoms. The van der Waals surface area contributed by atoms with Crippen molar-refractivity contribution in [3.05, 3.63) is 58.4 Å². The van der Waals surface area contributed by atoms with Crippen molar-refractivity contribution in [3.8, 4) is 0 Å². The van der Waals surface area contributed by atoms with Crippen LogP contribution in [0.25, 0.3) is 0 Å². The predicted octanol–water partition coefficient (Wildman–Crippen LogP) is 1.81. The summed E-state index contributed by atoms with van der Waals surface area (Å²) in [6, 6.07) is 5.31. The highest BCUT2D eigenvalue weighted by Crippen LogP contribution is 2.30. The largest absolute Gasteiger partial charge is 0.472 e. The zero-order valence-electron chi connectivity index (χ0n) is 14.3. The molecular weight excluding hydrogens is 318 g/mol. The number of furan rings is 1. The minimum absolute atomic E-state index is 0.0337. The maximum Gasteiger partial charge on any atom is 0.257 e. The standard InChI is InChI=1S/C19H23N3O3/c23-18-4-3-16(13-22(18)12-15-1-2-15)11-20-6-8-21(9-7-20)19(24)17-5-10-25-14-17/h3-5,10,13-15H,1-2,6-9,11-12H2. The molecule has 0 atom stereocenters. The fourth-order valence-corrected chi connectivity index (χ4v) is 3.33. The maximum atomic E-state index is 12.3. The van der Waals surface area contributed by atoms with Crippen LogP contribution in [0.3, 0.4) is 0 Å². The van der Waals surface area contributed by atoms with E-state index in [9.17, 15) is 9.59 Å². The Kier molecular flexibility index (Phi) is 4.44. The molecule has 2 fully saturated rings. The van der Waals surface area contributed by atoms with Crippen LogP contribution in [0.5, 0.6) is 0 Å². The van der Waals surface area contributed by atoms with Crippen LogP contribution in [0.2, 0.25) is 0 Å². The smallest absolute Gasteiger partial charge is 0.257 e. The Balaban J connectivity index is 1.34. The lowest BCUT2D eigenvalue weighted by Crippen LogP contribution is -2.48. The van der Waals surface area contributed by atoms with Crippen molar-refractivity contribution in [2.24, 2.45) is 5.92 Å². The van der Waals surface area contributed by atoms with Gasteiger partial charge in [-0.25, -0.2) is 0 Å². The molecule has 0 unspecified atom stereocenters. The van der Waals surface area contributed by atoms with Crippen LogP contribution in [-0.2, 0) is 13.1 Å². The van der Waals surface area contributed by atoms with E-state index in [1.165, 1.54) is 25.4 Å². The van der Waals surface area contributed by atoms with Crippen LogP contribution < -0.4 is 5.56 Å². The fourth-order valence-electron chi connectivity index (χ4n) is 3.33. The van der Waals surface area contributed by atoms with Gasteiger partial charge < -0.3 is 13.9 Å². The third-order valence-electron chi connectivity index (χ3n) is 5.03. The van der Waals surface area contributed by atoms with Gasteiger partial charge in [0.25, 0.3) is 11.5 Å². The molecule has 3 heterocycles. The number of aromatic nitrogens is 1. The fraction of sp³-hybridized carbons (Fsp3) is 0.474. The van der Waals surface area contributed by atoms with Crippen molar-refractivity contribution < 1.29 is 9.21 Å². The van der Waals surface area contributed by atoms with E-state index in [0.29, 0.717) is 24.6 Å². The van der Waals surface area contributed by atoms with Gasteiger partial charge in [-0.2, -0.15) is 0 Å². The Morgan fingerprint density at radius 1 is 1.12 bits per heavy atom. The predicted molar refractivity (Wildman–Crippen MR) is 93.3 cm³/mol. The molecule has 0 radical (unpaired) electrons. The van der Waals surface area contributed by atoms with Crippen molar-refractivity contribution in [3.63, 3.8) is 0 Å². The first kappa shape index (κ1) is 16.1. The molecule has 6 heteroatoms. The summed E-state index contributed by atoms with van der Waals surface area (Å²) < 4.78 is 6.85. The van der Waals surface area contributed by atoms with Crippen molar-refractivity contribution in [2.75, 3.05) is 26.2 Å². The summed E-state index contributed by atoms with van der Waals surface area (Å²) in [5.74, 6) is 0.719. The molecule has 4 rings (SSSR count). The van der Waals surface area contributed by atoms with Gasteiger partial charge in [0.15, 0.2) is 0 Å². The molecule has 1 aliphatic carbocycles. The van der Waals surface area contributed by atoms with Crippen LogP contribution in [0.4, 0.5) is 0 Å². The van der Waals surface area contributed by atoms with Crippen molar-refractivity contribution in [1.82, 2.24) is 14.4 Å². The molecule has 1 aliphatic heterocycles. The highest BCUT2D eigenvalue weighted by atomic mass is 16.3. The lowest BCUT2D eigenvalue weighted by atomic mass is 10.2. The molecule has 25 heavy (non-hydrogen) atoms. The topological polar surface area (TPSA) is 58.7 Å². The van der Waals surface area contributed by atoms with Gasteiger partial charge in [-0.1, -0.05) is 6.07 Å². The van der Waals surface area contributed by atoms with Crippen LogP contribution in [-0.4, -0.2) is 46.5 Å². The number of carbonyl (C=O) groups is 1. The molecule has 0 aromatic carbocycles. The molecule has 2 aromatic heterocycles. The number of hydrogen-bond donors (Lipinski definition) is 0. The molecular formula is C19H23N3O3. The molecule has 1 saturated heterocycles. The molecule has 0 N–H and O–H groups in total. The summed E-state index contributed by atoms with van der Waals surface area (Å²) in [5.41, 5.74) is 1.86. The number of rotatable bonds is 5. The molecule has 132 valence electrons. The van der Waals surface area contributed by atoms with E-state index < -0.39 is 0 Å². The first-order chi connectivity index (χ1) is 12.2. The minimum Gasteiger partial charge on any atom is -0.472 e. The van der Waals surface area contributed by atoms with Gasteiger partial charge in [0.05, 0.1) is 11.8 Å². The van der Waals surface area contributed by atoms with Gasteiger partial charge in [-0.05, 0) is 30.4 Å². The van der Waals surface area contributed by atoms with Crippen LogP contribution in [0, 0.1) is 5.92 Å². The first-order valence-corrected chi connectivity index (χ1v) is 8.92. The van der Waals surface area contributed by atoms with Gasteiger partial charge in [0, 0.05) is 51.5 Å². The summed E-state index contributed by atoms with van der Waals surface area (Å²) in [4.78, 5) is 28.5. The average Bonchev–Trinajstić information content (AvgIpc) is 3.27. The third-order valence-corrected chi connectivity index (χ3v) is 5.03. The van der Waals surface area contributed by atoms with E-state index in [1.807, 2.05) is 21.7 Å². The SMILES string of the molecule is O=C(c1ccoc1)N1CCN(Cc2ccc(=O)n(CC3CC3)c2)CC1. The van der Waals surface area contributed by atoms with Gasteiger partial charge >= 0.3 is 0 Å². The van der Waals surface area contributed by atoms with E-state index in [-0.39, 0.29) is 11.5 Å². The maximum absolute atomic E-state index is 12.3. The monoisotopic (exact) mass is 341 g/mol. The third kappa shape index (κ3) is 3.85. The Bertz CT molecular complexity index is 784. The Labute approximate surface area is 146 Å². The summed E-state index contributed by atoms with van der Waals surface area (Å²) in [6.45, 7) is 4.77. The van der Waals surface area contributed by atoms with Gasteiger partial charge in [0.2, 0.25) is 0 Å². The number of amides is 1. The minimum atomic E-state index is 0.0337. The van der Waals surface area contributed by atoms with Crippen LogP contribution in [0.15, 0.2) is 46.1 Å². The summed E-state index contributed by atoms with van der Waals surface area (Å²) in [7, 11) is 0. The second kappa shape index (κ2) is 6.88. The van der Waals surface area contributed by atoms with E-state index >= 15 is 0 Å². The van der Waals surface area contributed by atoms with Crippen LogP contribution >= 0.6 is 0 Å². The second-order valence-corrected chi connectivity index (χ2v) is 7.05. The van der Waals surface area contributed by atoms with E-state index in [0.717, 1.165) is 31.7 Å². The van der Waals surface area contributed by atoms with E-state index in [1.54, 1.807) is 12.1 Å².